The van der Waals surface area contributed by atoms with Crippen LogP contribution in [0.15, 0.2) is 30.3 Å². The minimum atomic E-state index is -0.0401. The van der Waals surface area contributed by atoms with E-state index in [1.54, 1.807) is 0 Å². The van der Waals surface area contributed by atoms with Crippen LogP contribution in [0, 0.1) is 5.92 Å². The number of aryl methyl sites for hydroxylation is 1. The van der Waals surface area contributed by atoms with Crippen LogP contribution >= 0.6 is 11.8 Å². The predicted octanol–water partition coefficient (Wildman–Crippen LogP) is 3.12. The van der Waals surface area contributed by atoms with Crippen molar-refractivity contribution >= 4 is 11.8 Å². The Balaban J connectivity index is 1.62. The monoisotopic (exact) mass is 236 g/mol. The van der Waals surface area contributed by atoms with Crippen molar-refractivity contribution in [1.29, 1.82) is 0 Å². The summed E-state index contributed by atoms with van der Waals surface area (Å²) < 4.78 is 0. The molecule has 16 heavy (non-hydrogen) atoms. The van der Waals surface area contributed by atoms with Crippen LogP contribution in [-0.2, 0) is 6.42 Å². The largest absolute Gasteiger partial charge is 0.392 e. The molecule has 1 aliphatic heterocycles. The van der Waals surface area contributed by atoms with Gasteiger partial charge in [-0.2, -0.15) is 11.8 Å². The first-order valence-corrected chi connectivity index (χ1v) is 7.31. The SMILES string of the molecule is OC1CSCC1CCCCc1ccccc1. The lowest BCUT2D eigenvalue weighted by molar-refractivity contribution is 0.143. The summed E-state index contributed by atoms with van der Waals surface area (Å²) >= 11 is 1.89. The molecule has 2 rings (SSSR count). The van der Waals surface area contributed by atoms with Crippen LogP contribution in [0.4, 0.5) is 0 Å². The van der Waals surface area contributed by atoms with E-state index in [4.69, 9.17) is 0 Å². The van der Waals surface area contributed by atoms with Gasteiger partial charge in [0.1, 0.15) is 0 Å². The zero-order valence-corrected chi connectivity index (χ0v) is 10.5. The number of hydrogen-bond donors (Lipinski definition) is 1. The fraction of sp³-hybridized carbons (Fsp3) is 0.571. The van der Waals surface area contributed by atoms with Crippen molar-refractivity contribution in [3.05, 3.63) is 35.9 Å². The fourth-order valence-electron chi connectivity index (χ4n) is 2.24. The lowest BCUT2D eigenvalue weighted by Gasteiger charge is -2.12. The van der Waals surface area contributed by atoms with E-state index in [9.17, 15) is 5.11 Å². The van der Waals surface area contributed by atoms with E-state index < -0.39 is 0 Å². The van der Waals surface area contributed by atoms with Gasteiger partial charge in [-0.05, 0) is 36.5 Å². The number of unbranched alkanes of at least 4 members (excludes halogenated alkanes) is 1. The lowest BCUT2D eigenvalue weighted by Crippen LogP contribution is -2.17. The van der Waals surface area contributed by atoms with Gasteiger partial charge in [0.05, 0.1) is 6.10 Å². The molecule has 0 aromatic heterocycles. The molecule has 0 bridgehead atoms. The van der Waals surface area contributed by atoms with E-state index in [1.165, 1.54) is 31.2 Å². The van der Waals surface area contributed by atoms with Crippen molar-refractivity contribution in [3.8, 4) is 0 Å². The van der Waals surface area contributed by atoms with Gasteiger partial charge in [0.15, 0.2) is 0 Å². The first kappa shape index (κ1) is 12.0. The number of aliphatic hydroxyl groups excluding tert-OH is 1. The van der Waals surface area contributed by atoms with Gasteiger partial charge < -0.3 is 5.11 Å². The maximum absolute atomic E-state index is 9.68. The molecule has 1 heterocycles. The van der Waals surface area contributed by atoms with Gasteiger partial charge in [-0.25, -0.2) is 0 Å². The number of thioether (sulfide) groups is 1. The standard InChI is InChI=1S/C14H20OS/c15-14-11-16-10-13(14)9-5-4-8-12-6-2-1-3-7-12/h1-3,6-7,13-15H,4-5,8-11H2. The normalized spacial score (nSPS) is 24.8. The molecular weight excluding hydrogens is 216 g/mol. The molecular formula is C14H20OS. The Morgan fingerprint density at radius 1 is 1.12 bits per heavy atom. The van der Waals surface area contributed by atoms with Gasteiger partial charge in [-0.3, -0.25) is 0 Å². The number of benzene rings is 1. The smallest absolute Gasteiger partial charge is 0.0666 e. The molecule has 0 amide bonds. The highest BCUT2D eigenvalue weighted by atomic mass is 32.2. The summed E-state index contributed by atoms with van der Waals surface area (Å²) in [4.78, 5) is 0. The summed E-state index contributed by atoms with van der Waals surface area (Å²) in [6.07, 6.45) is 4.83. The molecule has 1 aliphatic rings. The summed E-state index contributed by atoms with van der Waals surface area (Å²) in [5.74, 6) is 2.66. The summed E-state index contributed by atoms with van der Waals surface area (Å²) in [7, 11) is 0. The lowest BCUT2D eigenvalue weighted by atomic mass is 9.97. The Kier molecular flexibility index (Phi) is 4.73. The molecule has 1 N–H and O–H groups in total. The minimum Gasteiger partial charge on any atom is -0.392 e. The number of hydrogen-bond acceptors (Lipinski definition) is 2. The van der Waals surface area contributed by atoms with Gasteiger partial charge in [0.2, 0.25) is 0 Å². The second kappa shape index (κ2) is 6.31. The molecule has 1 aromatic carbocycles. The van der Waals surface area contributed by atoms with Crippen LogP contribution in [0.3, 0.4) is 0 Å². The van der Waals surface area contributed by atoms with Crippen molar-refractivity contribution < 1.29 is 5.11 Å². The van der Waals surface area contributed by atoms with Gasteiger partial charge in [0, 0.05) is 5.75 Å². The van der Waals surface area contributed by atoms with Crippen molar-refractivity contribution in [2.75, 3.05) is 11.5 Å². The van der Waals surface area contributed by atoms with Crippen LogP contribution in [0.1, 0.15) is 24.8 Å². The van der Waals surface area contributed by atoms with Crippen LogP contribution in [0.2, 0.25) is 0 Å². The third-order valence-corrected chi connectivity index (χ3v) is 4.54. The molecule has 2 unspecified atom stereocenters. The van der Waals surface area contributed by atoms with E-state index in [0.717, 1.165) is 11.5 Å². The molecule has 88 valence electrons. The molecule has 1 nitrogen and oxygen atoms in total. The Labute approximate surface area is 102 Å². The Bertz CT molecular complexity index is 299. The first-order chi connectivity index (χ1) is 7.86. The van der Waals surface area contributed by atoms with E-state index in [2.05, 4.69) is 30.3 Å². The average Bonchev–Trinajstić information content (AvgIpc) is 2.72. The average molecular weight is 236 g/mol. The van der Waals surface area contributed by atoms with Gasteiger partial charge in [-0.1, -0.05) is 36.8 Å². The Morgan fingerprint density at radius 2 is 1.94 bits per heavy atom. The molecule has 0 radical (unpaired) electrons. The molecule has 1 saturated heterocycles. The van der Waals surface area contributed by atoms with Crippen molar-refractivity contribution in [2.24, 2.45) is 5.92 Å². The van der Waals surface area contributed by atoms with Crippen LogP contribution in [0.5, 0.6) is 0 Å². The molecule has 0 aliphatic carbocycles. The van der Waals surface area contributed by atoms with Crippen LogP contribution in [0.25, 0.3) is 0 Å². The minimum absolute atomic E-state index is 0.0401. The maximum atomic E-state index is 9.68. The van der Waals surface area contributed by atoms with Gasteiger partial charge in [0.25, 0.3) is 0 Å². The second-order valence-corrected chi connectivity index (χ2v) is 5.67. The molecule has 1 aromatic rings. The molecule has 0 saturated carbocycles. The highest BCUT2D eigenvalue weighted by molar-refractivity contribution is 7.99. The highest BCUT2D eigenvalue weighted by Gasteiger charge is 2.24. The fourth-order valence-corrected chi connectivity index (χ4v) is 3.58. The highest BCUT2D eigenvalue weighted by Crippen LogP contribution is 2.28. The van der Waals surface area contributed by atoms with E-state index >= 15 is 0 Å². The summed E-state index contributed by atoms with van der Waals surface area (Å²) in [6, 6.07) is 10.7. The van der Waals surface area contributed by atoms with E-state index in [-0.39, 0.29) is 6.10 Å². The molecule has 0 spiro atoms. The summed E-state index contributed by atoms with van der Waals surface area (Å²) in [5.41, 5.74) is 1.43. The zero-order chi connectivity index (χ0) is 11.2. The molecule has 2 heteroatoms. The third-order valence-electron chi connectivity index (χ3n) is 3.30. The van der Waals surface area contributed by atoms with Crippen molar-refractivity contribution in [2.45, 2.75) is 31.8 Å². The first-order valence-electron chi connectivity index (χ1n) is 6.16. The van der Waals surface area contributed by atoms with Crippen LogP contribution in [-0.4, -0.2) is 22.7 Å². The topological polar surface area (TPSA) is 20.2 Å². The van der Waals surface area contributed by atoms with E-state index in [0.29, 0.717) is 5.92 Å². The summed E-state index contributed by atoms with van der Waals surface area (Å²) in [5, 5.41) is 9.68. The van der Waals surface area contributed by atoms with Crippen molar-refractivity contribution in [1.82, 2.24) is 0 Å². The number of aliphatic hydroxyl groups is 1. The Hall–Kier alpha value is -0.470. The summed E-state index contributed by atoms with van der Waals surface area (Å²) in [6.45, 7) is 0. The molecule has 2 atom stereocenters. The second-order valence-electron chi connectivity index (χ2n) is 4.60. The quantitative estimate of drug-likeness (QED) is 0.793. The van der Waals surface area contributed by atoms with Gasteiger partial charge >= 0.3 is 0 Å². The molecule has 1 fully saturated rings. The van der Waals surface area contributed by atoms with Gasteiger partial charge in [-0.15, -0.1) is 0 Å². The Morgan fingerprint density at radius 3 is 2.62 bits per heavy atom. The zero-order valence-electron chi connectivity index (χ0n) is 9.64. The number of rotatable bonds is 5. The van der Waals surface area contributed by atoms with Crippen LogP contribution < -0.4 is 0 Å². The third kappa shape index (κ3) is 3.53. The maximum Gasteiger partial charge on any atom is 0.0666 e. The van der Waals surface area contributed by atoms with Crippen molar-refractivity contribution in [3.63, 3.8) is 0 Å². The predicted molar refractivity (Wildman–Crippen MR) is 70.8 cm³/mol. The van der Waals surface area contributed by atoms with E-state index in [1.807, 2.05) is 11.8 Å².